The second-order valence-electron chi connectivity index (χ2n) is 21.8. The largest absolute Gasteiger partial charge is 0.462 e. The molecule has 0 saturated heterocycles. The lowest BCUT2D eigenvalue weighted by Crippen LogP contribution is -2.30. The van der Waals surface area contributed by atoms with Crippen molar-refractivity contribution >= 4 is 17.9 Å². The Hall–Kier alpha value is -1.59. The minimum absolute atomic E-state index is 0.0639. The number of ether oxygens (including phenoxy) is 3. The highest BCUT2D eigenvalue weighted by atomic mass is 16.6. The fourth-order valence-corrected chi connectivity index (χ4v) is 9.14. The van der Waals surface area contributed by atoms with E-state index < -0.39 is 6.10 Å². The van der Waals surface area contributed by atoms with Crippen LogP contribution in [0.3, 0.4) is 0 Å². The Morgan fingerprint density at radius 1 is 0.303 bits per heavy atom. The summed E-state index contributed by atoms with van der Waals surface area (Å²) in [6.45, 7) is 13.8. The van der Waals surface area contributed by atoms with E-state index in [-0.39, 0.29) is 31.1 Å². The zero-order valence-corrected chi connectivity index (χ0v) is 45.5. The van der Waals surface area contributed by atoms with Gasteiger partial charge in [-0.15, -0.1) is 0 Å². The first kappa shape index (κ1) is 64.4. The van der Waals surface area contributed by atoms with E-state index in [9.17, 15) is 14.4 Å². The van der Waals surface area contributed by atoms with Crippen LogP contribution in [0, 0.1) is 17.8 Å². The van der Waals surface area contributed by atoms with E-state index >= 15 is 0 Å². The molecule has 392 valence electrons. The third kappa shape index (κ3) is 51.8. The predicted molar refractivity (Wildman–Crippen MR) is 284 cm³/mol. The average Bonchev–Trinajstić information content (AvgIpc) is 3.29. The molecule has 0 aliphatic rings. The summed E-state index contributed by atoms with van der Waals surface area (Å²) in [5.74, 6) is 1.70. The van der Waals surface area contributed by atoms with E-state index in [1.807, 2.05) is 0 Å². The molecule has 0 N–H and O–H groups in total. The van der Waals surface area contributed by atoms with Gasteiger partial charge in [0.1, 0.15) is 13.2 Å². The van der Waals surface area contributed by atoms with Crippen molar-refractivity contribution in [2.75, 3.05) is 13.2 Å². The zero-order chi connectivity index (χ0) is 48.4. The van der Waals surface area contributed by atoms with Gasteiger partial charge in [-0.3, -0.25) is 14.4 Å². The van der Waals surface area contributed by atoms with Crippen LogP contribution in [0.15, 0.2) is 0 Å². The van der Waals surface area contributed by atoms with Crippen molar-refractivity contribution in [1.29, 1.82) is 0 Å². The SMILES string of the molecule is CCC(C)CCCCCCCCCCCCCCCCCCCCC(=O)O[C@@H](COC(=O)CCCCCCCCCCCCCC(C)C)COC(=O)CCCCCCCCCCCC(C)C. The highest BCUT2D eigenvalue weighted by Crippen LogP contribution is 2.19. The Kier molecular flexibility index (Phi) is 50.0. The molecule has 0 saturated carbocycles. The van der Waals surface area contributed by atoms with Gasteiger partial charge < -0.3 is 14.2 Å². The van der Waals surface area contributed by atoms with Gasteiger partial charge in [-0.25, -0.2) is 0 Å². The van der Waals surface area contributed by atoms with Crippen molar-refractivity contribution in [3.63, 3.8) is 0 Å². The van der Waals surface area contributed by atoms with Crippen molar-refractivity contribution in [2.45, 2.75) is 337 Å². The van der Waals surface area contributed by atoms with Gasteiger partial charge in [0.15, 0.2) is 6.10 Å². The molecular formula is C60H116O6. The summed E-state index contributed by atoms with van der Waals surface area (Å²) in [7, 11) is 0. The van der Waals surface area contributed by atoms with E-state index in [0.29, 0.717) is 19.3 Å². The first-order chi connectivity index (χ1) is 32.1. The van der Waals surface area contributed by atoms with Crippen molar-refractivity contribution in [2.24, 2.45) is 17.8 Å². The molecule has 6 heteroatoms. The van der Waals surface area contributed by atoms with Crippen LogP contribution < -0.4 is 0 Å². The lowest BCUT2D eigenvalue weighted by atomic mass is 9.99. The maximum atomic E-state index is 12.9. The summed E-state index contributed by atoms with van der Waals surface area (Å²) in [6, 6.07) is 0. The molecule has 0 rings (SSSR count). The number of carbonyl (C=O) groups excluding carboxylic acids is 3. The monoisotopic (exact) mass is 933 g/mol. The van der Waals surface area contributed by atoms with Crippen LogP contribution in [0.2, 0.25) is 0 Å². The molecule has 0 aliphatic carbocycles. The molecule has 66 heavy (non-hydrogen) atoms. The number of hydrogen-bond donors (Lipinski definition) is 0. The molecule has 0 radical (unpaired) electrons. The van der Waals surface area contributed by atoms with Crippen LogP contribution in [0.5, 0.6) is 0 Å². The fraction of sp³-hybridized carbons (Fsp3) is 0.950. The van der Waals surface area contributed by atoms with Crippen LogP contribution in [0.4, 0.5) is 0 Å². The lowest BCUT2D eigenvalue weighted by molar-refractivity contribution is -0.167. The van der Waals surface area contributed by atoms with Crippen LogP contribution in [0.1, 0.15) is 330 Å². The first-order valence-electron chi connectivity index (χ1n) is 29.6. The number of carbonyl (C=O) groups is 3. The molecule has 6 nitrogen and oxygen atoms in total. The third-order valence-corrected chi connectivity index (χ3v) is 14.0. The molecule has 0 fully saturated rings. The normalized spacial score (nSPS) is 12.5. The minimum Gasteiger partial charge on any atom is -0.462 e. The Morgan fingerprint density at radius 2 is 0.530 bits per heavy atom. The maximum absolute atomic E-state index is 12.9. The molecule has 0 aromatic rings. The van der Waals surface area contributed by atoms with Crippen molar-refractivity contribution in [3.8, 4) is 0 Å². The Labute approximate surface area is 412 Å². The Morgan fingerprint density at radius 3 is 0.788 bits per heavy atom. The molecule has 2 atom stereocenters. The standard InChI is InChI=1S/C60H116O6/c1-7-56(6)48-42-36-30-24-18-14-12-10-8-9-11-13-15-19-26-33-39-45-51-60(63)66-57(53-65-59(62)50-44-38-32-27-21-23-29-35-41-47-55(4)5)52-64-58(61)49-43-37-31-25-20-16-17-22-28-34-40-46-54(2)3/h54-57H,7-53H2,1-6H3/t56?,57-/m0/s1. The summed E-state index contributed by atoms with van der Waals surface area (Å²) in [6.07, 6.45) is 53.8. The second-order valence-corrected chi connectivity index (χ2v) is 21.8. The van der Waals surface area contributed by atoms with Gasteiger partial charge in [0.2, 0.25) is 0 Å². The second kappa shape index (κ2) is 51.3. The van der Waals surface area contributed by atoms with Gasteiger partial charge in [-0.05, 0) is 37.0 Å². The number of rotatable bonds is 53. The quantitative estimate of drug-likeness (QED) is 0.0343. The van der Waals surface area contributed by atoms with Gasteiger partial charge in [0, 0.05) is 19.3 Å². The molecule has 0 aromatic carbocycles. The minimum atomic E-state index is -0.764. The predicted octanol–water partition coefficient (Wildman–Crippen LogP) is 19.5. The van der Waals surface area contributed by atoms with Gasteiger partial charge in [0.05, 0.1) is 0 Å². The van der Waals surface area contributed by atoms with Gasteiger partial charge in [-0.2, -0.15) is 0 Å². The Balaban J connectivity index is 4.24. The highest BCUT2D eigenvalue weighted by Gasteiger charge is 2.19. The smallest absolute Gasteiger partial charge is 0.306 e. The zero-order valence-electron chi connectivity index (χ0n) is 45.5. The van der Waals surface area contributed by atoms with Crippen LogP contribution in [-0.2, 0) is 28.6 Å². The Bertz CT molecular complexity index is 1020. The van der Waals surface area contributed by atoms with Crippen LogP contribution in [0.25, 0.3) is 0 Å². The fourth-order valence-electron chi connectivity index (χ4n) is 9.14. The molecule has 0 spiro atoms. The van der Waals surface area contributed by atoms with Gasteiger partial charge >= 0.3 is 17.9 Å². The molecular weight excluding hydrogens is 817 g/mol. The average molecular weight is 934 g/mol. The molecule has 0 aliphatic heterocycles. The molecule has 0 amide bonds. The van der Waals surface area contributed by atoms with Crippen molar-refractivity contribution in [1.82, 2.24) is 0 Å². The topological polar surface area (TPSA) is 78.9 Å². The van der Waals surface area contributed by atoms with E-state index in [2.05, 4.69) is 41.5 Å². The summed E-state index contributed by atoms with van der Waals surface area (Å²) < 4.78 is 16.9. The summed E-state index contributed by atoms with van der Waals surface area (Å²) in [5.41, 5.74) is 0. The van der Waals surface area contributed by atoms with Crippen LogP contribution in [-0.4, -0.2) is 37.2 Å². The summed E-state index contributed by atoms with van der Waals surface area (Å²) in [5, 5.41) is 0. The van der Waals surface area contributed by atoms with Gasteiger partial charge in [-0.1, -0.05) is 292 Å². The summed E-state index contributed by atoms with van der Waals surface area (Å²) >= 11 is 0. The number of unbranched alkanes of at least 4 members (excludes halogenated alkanes) is 35. The van der Waals surface area contributed by atoms with Crippen LogP contribution >= 0.6 is 0 Å². The van der Waals surface area contributed by atoms with E-state index in [1.165, 1.54) is 212 Å². The first-order valence-corrected chi connectivity index (χ1v) is 29.6. The summed E-state index contributed by atoms with van der Waals surface area (Å²) in [4.78, 5) is 38.1. The molecule has 0 aromatic heterocycles. The van der Waals surface area contributed by atoms with E-state index in [4.69, 9.17) is 14.2 Å². The molecule has 0 bridgehead atoms. The van der Waals surface area contributed by atoms with Crippen molar-refractivity contribution < 1.29 is 28.6 Å². The maximum Gasteiger partial charge on any atom is 0.306 e. The third-order valence-electron chi connectivity index (χ3n) is 14.0. The highest BCUT2D eigenvalue weighted by molar-refractivity contribution is 5.71. The van der Waals surface area contributed by atoms with Crippen molar-refractivity contribution in [3.05, 3.63) is 0 Å². The number of esters is 3. The molecule has 1 unspecified atom stereocenters. The molecule has 0 heterocycles. The lowest BCUT2D eigenvalue weighted by Gasteiger charge is -2.18. The van der Waals surface area contributed by atoms with E-state index in [0.717, 1.165) is 75.5 Å². The van der Waals surface area contributed by atoms with Gasteiger partial charge in [0.25, 0.3) is 0 Å². The van der Waals surface area contributed by atoms with E-state index in [1.54, 1.807) is 0 Å². The number of hydrogen-bond acceptors (Lipinski definition) is 6.